The van der Waals surface area contributed by atoms with E-state index in [-0.39, 0.29) is 6.03 Å². The van der Waals surface area contributed by atoms with Crippen LogP contribution in [0.4, 0.5) is 4.79 Å². The van der Waals surface area contributed by atoms with Gasteiger partial charge in [0.05, 0.1) is 0 Å². The number of carbonyl (C=O) groups is 1. The molecule has 1 aliphatic heterocycles. The van der Waals surface area contributed by atoms with Gasteiger partial charge in [-0.15, -0.1) is 0 Å². The molecule has 0 unspecified atom stereocenters. The molecule has 0 radical (unpaired) electrons. The molecule has 0 aliphatic carbocycles. The molecule has 1 aliphatic rings. The topological polar surface area (TPSA) is 59.0 Å². The number of hydrogen-bond donors (Lipinski definition) is 2. The largest absolute Gasteiger partial charge is 0.338 e. The lowest BCUT2D eigenvalue weighted by Crippen LogP contribution is -2.44. The Labute approximate surface area is 147 Å². The number of imidazole rings is 1. The fourth-order valence-corrected chi connectivity index (χ4v) is 3.94. The normalized spacial score (nSPS) is 17.4. The molecular formula is C18H24N4OS. The average Bonchev–Trinajstić information content (AvgIpc) is 3.04. The molecule has 2 N–H and O–H groups in total. The van der Waals surface area contributed by atoms with Gasteiger partial charge in [0, 0.05) is 43.7 Å². The monoisotopic (exact) mass is 344 g/mol. The minimum absolute atomic E-state index is 0.0661. The summed E-state index contributed by atoms with van der Waals surface area (Å²) in [5.74, 6) is 3.23. The molecule has 1 aromatic heterocycles. The molecule has 2 aromatic rings. The highest BCUT2D eigenvalue weighted by Gasteiger charge is 2.15. The van der Waals surface area contributed by atoms with Gasteiger partial charge < -0.3 is 15.2 Å². The van der Waals surface area contributed by atoms with Gasteiger partial charge in [-0.2, -0.15) is 11.8 Å². The van der Waals surface area contributed by atoms with E-state index in [0.717, 1.165) is 31.0 Å². The molecule has 2 heterocycles. The number of thioether (sulfide) groups is 1. The van der Waals surface area contributed by atoms with E-state index in [4.69, 9.17) is 0 Å². The summed E-state index contributed by atoms with van der Waals surface area (Å²) >= 11 is 1.91. The summed E-state index contributed by atoms with van der Waals surface area (Å²) in [7, 11) is 0. The van der Waals surface area contributed by atoms with E-state index < -0.39 is 0 Å². The number of rotatable bonds is 6. The third-order valence-electron chi connectivity index (χ3n) is 4.13. The fraction of sp³-hybridized carbons (Fsp3) is 0.444. The first-order chi connectivity index (χ1) is 11.8. The van der Waals surface area contributed by atoms with Crippen molar-refractivity contribution in [2.24, 2.45) is 0 Å². The summed E-state index contributed by atoms with van der Waals surface area (Å²) in [4.78, 5) is 16.4. The summed E-state index contributed by atoms with van der Waals surface area (Å²) in [6, 6.07) is 10.6. The van der Waals surface area contributed by atoms with Crippen molar-refractivity contribution in [1.82, 2.24) is 20.2 Å². The molecule has 6 heteroatoms. The molecule has 0 bridgehead atoms. The minimum atomic E-state index is -0.0661. The van der Waals surface area contributed by atoms with Gasteiger partial charge in [-0.05, 0) is 24.2 Å². The Bertz CT molecular complexity index is 637. The highest BCUT2D eigenvalue weighted by atomic mass is 32.2. The second-order valence-corrected chi connectivity index (χ2v) is 7.17. The number of carbonyl (C=O) groups excluding carboxylic acids is 1. The quantitative estimate of drug-likeness (QED) is 0.847. The van der Waals surface area contributed by atoms with Gasteiger partial charge in [0.2, 0.25) is 0 Å². The predicted octanol–water partition coefficient (Wildman–Crippen LogP) is 2.67. The zero-order chi connectivity index (χ0) is 16.6. The Hall–Kier alpha value is -1.95. The molecule has 1 atom stereocenters. The maximum Gasteiger partial charge on any atom is 0.315 e. The third kappa shape index (κ3) is 5.03. The summed E-state index contributed by atoms with van der Waals surface area (Å²) in [6.07, 6.45) is 6.81. The van der Waals surface area contributed by atoms with Crippen LogP contribution in [0.3, 0.4) is 0 Å². The van der Waals surface area contributed by atoms with Gasteiger partial charge in [0.25, 0.3) is 0 Å². The van der Waals surface area contributed by atoms with Gasteiger partial charge in [-0.25, -0.2) is 9.78 Å². The number of nitrogens with one attached hydrogen (secondary N) is 2. The molecule has 24 heavy (non-hydrogen) atoms. The molecule has 1 aromatic carbocycles. The maximum atomic E-state index is 12.0. The summed E-state index contributed by atoms with van der Waals surface area (Å²) in [6.45, 7) is 1.40. The van der Waals surface area contributed by atoms with Gasteiger partial charge in [-0.1, -0.05) is 30.3 Å². The second kappa shape index (κ2) is 8.78. The molecule has 1 saturated heterocycles. The Morgan fingerprint density at radius 3 is 3.00 bits per heavy atom. The molecule has 2 amide bonds. The fourth-order valence-electron chi connectivity index (χ4n) is 2.87. The van der Waals surface area contributed by atoms with Gasteiger partial charge in [0.1, 0.15) is 5.82 Å². The first-order valence-corrected chi connectivity index (χ1v) is 9.63. The van der Waals surface area contributed by atoms with E-state index >= 15 is 0 Å². The van der Waals surface area contributed by atoms with Crippen LogP contribution in [-0.4, -0.2) is 39.7 Å². The lowest BCUT2D eigenvalue weighted by molar-refractivity contribution is 0.237. The number of benzene rings is 1. The number of aromatic nitrogens is 2. The predicted molar refractivity (Wildman–Crippen MR) is 98.4 cm³/mol. The van der Waals surface area contributed by atoms with Crippen molar-refractivity contribution in [2.45, 2.75) is 31.8 Å². The number of hydrogen-bond acceptors (Lipinski definition) is 3. The highest BCUT2D eigenvalue weighted by Crippen LogP contribution is 2.16. The van der Waals surface area contributed by atoms with E-state index in [1.807, 2.05) is 42.4 Å². The Morgan fingerprint density at radius 2 is 2.21 bits per heavy atom. The SMILES string of the molecule is O=C(NCCc1nccn1Cc1ccccc1)N[C@@H]1CCCSC1. The molecule has 3 rings (SSSR count). The van der Waals surface area contributed by atoms with Crippen LogP contribution in [0.25, 0.3) is 0 Å². The van der Waals surface area contributed by atoms with Crippen molar-refractivity contribution in [3.63, 3.8) is 0 Å². The van der Waals surface area contributed by atoms with Crippen molar-refractivity contribution < 1.29 is 4.79 Å². The number of nitrogens with zero attached hydrogens (tertiary/aromatic N) is 2. The Balaban J connectivity index is 1.43. The number of amides is 2. The van der Waals surface area contributed by atoms with Crippen LogP contribution >= 0.6 is 11.8 Å². The van der Waals surface area contributed by atoms with Crippen LogP contribution in [0.15, 0.2) is 42.7 Å². The van der Waals surface area contributed by atoms with Crippen molar-refractivity contribution in [3.05, 3.63) is 54.1 Å². The minimum Gasteiger partial charge on any atom is -0.338 e. The highest BCUT2D eigenvalue weighted by molar-refractivity contribution is 7.99. The maximum absolute atomic E-state index is 12.0. The van der Waals surface area contributed by atoms with Crippen LogP contribution in [0.2, 0.25) is 0 Å². The zero-order valence-electron chi connectivity index (χ0n) is 13.8. The van der Waals surface area contributed by atoms with E-state index in [9.17, 15) is 4.79 Å². The van der Waals surface area contributed by atoms with Gasteiger partial charge in [-0.3, -0.25) is 0 Å². The van der Waals surface area contributed by atoms with E-state index in [0.29, 0.717) is 12.6 Å². The summed E-state index contributed by atoms with van der Waals surface area (Å²) < 4.78 is 2.13. The van der Waals surface area contributed by atoms with Crippen LogP contribution in [0, 0.1) is 0 Å². The van der Waals surface area contributed by atoms with Crippen molar-refractivity contribution in [1.29, 1.82) is 0 Å². The molecule has 128 valence electrons. The molecule has 0 spiro atoms. The first-order valence-electron chi connectivity index (χ1n) is 8.47. The average molecular weight is 344 g/mol. The smallest absolute Gasteiger partial charge is 0.315 e. The van der Waals surface area contributed by atoms with Crippen molar-refractivity contribution in [3.8, 4) is 0 Å². The van der Waals surface area contributed by atoms with Crippen LogP contribution in [0.5, 0.6) is 0 Å². The lowest BCUT2D eigenvalue weighted by Gasteiger charge is -2.22. The Morgan fingerprint density at radius 1 is 1.33 bits per heavy atom. The first kappa shape index (κ1) is 16.9. The van der Waals surface area contributed by atoms with Crippen molar-refractivity contribution in [2.75, 3.05) is 18.1 Å². The number of urea groups is 1. The van der Waals surface area contributed by atoms with Gasteiger partial charge >= 0.3 is 6.03 Å². The van der Waals surface area contributed by atoms with Crippen LogP contribution < -0.4 is 10.6 Å². The van der Waals surface area contributed by atoms with E-state index in [2.05, 4.69) is 32.3 Å². The third-order valence-corrected chi connectivity index (χ3v) is 5.34. The van der Waals surface area contributed by atoms with Crippen LogP contribution in [0.1, 0.15) is 24.2 Å². The van der Waals surface area contributed by atoms with E-state index in [1.165, 1.54) is 17.7 Å². The molecule has 5 nitrogen and oxygen atoms in total. The molecule has 0 saturated carbocycles. The Kier molecular flexibility index (Phi) is 6.18. The standard InChI is InChI=1S/C18H24N4OS/c23-18(21-16-7-4-12-24-14-16)20-9-8-17-19-10-11-22(17)13-15-5-2-1-3-6-15/h1-3,5-6,10-11,16H,4,7-9,12-14H2,(H2,20,21,23)/t16-/m1/s1. The summed E-state index contributed by atoms with van der Waals surface area (Å²) in [5.41, 5.74) is 1.25. The van der Waals surface area contributed by atoms with Crippen LogP contribution in [-0.2, 0) is 13.0 Å². The molecule has 1 fully saturated rings. The molecular weight excluding hydrogens is 320 g/mol. The van der Waals surface area contributed by atoms with Crippen molar-refractivity contribution >= 4 is 17.8 Å². The lowest BCUT2D eigenvalue weighted by atomic mass is 10.2. The second-order valence-electron chi connectivity index (χ2n) is 6.02. The summed E-state index contributed by atoms with van der Waals surface area (Å²) in [5, 5.41) is 6.00. The van der Waals surface area contributed by atoms with Gasteiger partial charge in [0.15, 0.2) is 0 Å². The zero-order valence-corrected chi connectivity index (χ0v) is 14.6. The van der Waals surface area contributed by atoms with E-state index in [1.54, 1.807) is 0 Å².